The molecule has 2 unspecified atom stereocenters. The molecule has 4 heteroatoms. The van der Waals surface area contributed by atoms with E-state index in [-0.39, 0.29) is 4.99 Å². The highest BCUT2D eigenvalue weighted by Crippen LogP contribution is 2.62. The second kappa shape index (κ2) is 13.3. The Morgan fingerprint density at radius 1 is 0.535 bits per heavy atom. The first-order valence-corrected chi connectivity index (χ1v) is 19.0. The molecule has 0 radical (unpaired) electrons. The van der Waals surface area contributed by atoms with Crippen LogP contribution in [0.3, 0.4) is 0 Å². The first-order chi connectivity index (χ1) is 21.1. The molecule has 6 aromatic carbocycles. The molecule has 0 aliphatic heterocycles. The van der Waals surface area contributed by atoms with Crippen molar-refractivity contribution in [3.8, 4) is 0 Å². The summed E-state index contributed by atoms with van der Waals surface area (Å²) in [4.78, 5) is 0.699. The zero-order valence-corrected chi connectivity index (χ0v) is 27.1. The van der Waals surface area contributed by atoms with Gasteiger partial charge in [0, 0.05) is 10.2 Å². The first kappa shape index (κ1) is 29.4. The summed E-state index contributed by atoms with van der Waals surface area (Å²) in [5.41, 5.74) is 1.17. The van der Waals surface area contributed by atoms with Crippen molar-refractivity contribution in [1.82, 2.24) is 0 Å². The van der Waals surface area contributed by atoms with Crippen molar-refractivity contribution in [3.63, 3.8) is 0 Å². The third-order valence-corrected chi connectivity index (χ3v) is 18.0. The fourth-order valence-electron chi connectivity index (χ4n) is 5.92. The minimum absolute atomic E-state index is 0.176. The summed E-state index contributed by atoms with van der Waals surface area (Å²) in [7, 11) is -4.64. The number of benzene rings is 6. The van der Waals surface area contributed by atoms with E-state index in [0.717, 1.165) is 4.90 Å². The molecule has 2 atom stereocenters. The Morgan fingerprint density at radius 2 is 0.953 bits per heavy atom. The van der Waals surface area contributed by atoms with Crippen molar-refractivity contribution in [2.24, 2.45) is 0 Å². The molecule has 1 nitrogen and oxygen atoms in total. The van der Waals surface area contributed by atoms with Crippen LogP contribution < -0.4 is 31.8 Å². The molecule has 0 aromatic heterocycles. The van der Waals surface area contributed by atoms with Crippen molar-refractivity contribution in [1.29, 1.82) is 0 Å². The first-order valence-electron chi connectivity index (χ1n) is 14.6. The highest BCUT2D eigenvalue weighted by atomic mass is 32.2. The van der Waals surface area contributed by atoms with E-state index in [0.29, 0.717) is 0 Å². The molecule has 6 aromatic rings. The molecule has 0 heterocycles. The average Bonchev–Trinajstić information content (AvgIpc) is 3.08. The largest absolute Gasteiger partial charge is 0.250 e. The van der Waals surface area contributed by atoms with E-state index in [1.165, 1.54) is 37.4 Å². The monoisotopic (exact) mass is 613 g/mol. The minimum atomic E-state index is -2.49. The van der Waals surface area contributed by atoms with Crippen LogP contribution in [-0.4, -0.2) is 9.20 Å². The van der Waals surface area contributed by atoms with Gasteiger partial charge in [-0.25, -0.2) is 0 Å². The number of hydrogen-bond acceptors (Lipinski definition) is 1. The van der Waals surface area contributed by atoms with Crippen LogP contribution in [0.25, 0.3) is 0 Å². The predicted octanol–water partition coefficient (Wildman–Crippen LogP) is 7.20. The van der Waals surface area contributed by atoms with E-state index in [9.17, 15) is 4.21 Å². The molecule has 6 rings (SSSR count). The van der Waals surface area contributed by atoms with Crippen LogP contribution in [0.4, 0.5) is 0 Å². The van der Waals surface area contributed by atoms with Gasteiger partial charge in [0.05, 0.1) is 10.8 Å². The van der Waals surface area contributed by atoms with Gasteiger partial charge in [0.1, 0.15) is 23.2 Å². The predicted molar refractivity (Wildman–Crippen MR) is 191 cm³/mol. The van der Waals surface area contributed by atoms with Crippen LogP contribution >= 0.6 is 15.2 Å². The molecule has 0 amide bonds. The average molecular weight is 614 g/mol. The van der Waals surface area contributed by atoms with Crippen molar-refractivity contribution in [2.75, 3.05) is 0 Å². The lowest BCUT2D eigenvalue weighted by atomic mass is 10.2. The van der Waals surface area contributed by atoms with Gasteiger partial charge in [-0.05, 0) is 80.9 Å². The lowest BCUT2D eigenvalue weighted by molar-refractivity contribution is 0.682. The van der Waals surface area contributed by atoms with Crippen LogP contribution in [0.2, 0.25) is 0 Å². The summed E-state index contributed by atoms with van der Waals surface area (Å²) in [5, 5.41) is 7.74. The maximum absolute atomic E-state index is 14.8. The van der Waals surface area contributed by atoms with E-state index in [4.69, 9.17) is 0 Å². The van der Waals surface area contributed by atoms with Crippen LogP contribution in [0.15, 0.2) is 175 Å². The van der Waals surface area contributed by atoms with Gasteiger partial charge in [-0.2, -0.15) is 0 Å². The Kier molecular flexibility index (Phi) is 9.11. The minimum Gasteiger partial charge on any atom is -0.250 e. The van der Waals surface area contributed by atoms with E-state index in [1.807, 2.05) is 12.1 Å². The van der Waals surface area contributed by atoms with Crippen LogP contribution in [-0.2, 0) is 10.8 Å². The molecular formula is C39H35OP2S+. The number of aryl methyl sites for hydroxylation is 1. The van der Waals surface area contributed by atoms with Gasteiger partial charge >= 0.3 is 0 Å². The summed E-state index contributed by atoms with van der Waals surface area (Å²) in [6.07, 6.45) is 0. The van der Waals surface area contributed by atoms with Gasteiger partial charge < -0.3 is 0 Å². The Labute approximate surface area is 260 Å². The highest BCUT2D eigenvalue weighted by molar-refractivity contribution is 8.08. The molecule has 0 aliphatic carbocycles. The zero-order valence-electron chi connectivity index (χ0n) is 24.5. The fraction of sp³-hybridized carbons (Fsp3) is 0.0769. The zero-order chi connectivity index (χ0) is 29.6. The van der Waals surface area contributed by atoms with Crippen LogP contribution in [0.5, 0.6) is 0 Å². The molecule has 212 valence electrons. The van der Waals surface area contributed by atoms with Crippen molar-refractivity contribution < 1.29 is 4.21 Å². The molecular weight excluding hydrogens is 578 g/mol. The molecule has 0 N–H and O–H groups in total. The van der Waals surface area contributed by atoms with Gasteiger partial charge in [-0.3, -0.25) is 4.21 Å². The van der Waals surface area contributed by atoms with Crippen molar-refractivity contribution in [2.45, 2.75) is 23.7 Å². The molecule has 43 heavy (non-hydrogen) atoms. The molecule has 0 saturated carbocycles. The molecule has 0 spiro atoms. The standard InChI is InChI=1S/C39H35OP2S/c1-31-27-29-37(30-28-31)43(40)32(2)42(35-21-11-5-12-22-35,36-23-13-6-14-24-36)39-26-16-15-25-38(39)41(33-17-7-3-8-18-33)34-19-9-4-10-20-34/h3-30,32H,1-2H3/q+1. The van der Waals surface area contributed by atoms with E-state index in [2.05, 4.69) is 172 Å². The Morgan fingerprint density at radius 3 is 1.44 bits per heavy atom. The molecule has 0 bridgehead atoms. The Hall–Kier alpha value is -3.67. The summed E-state index contributed by atoms with van der Waals surface area (Å²) in [5.74, 6) is 0. The van der Waals surface area contributed by atoms with Crippen molar-refractivity contribution >= 4 is 57.8 Å². The quantitative estimate of drug-likeness (QED) is 0.158. The van der Waals surface area contributed by atoms with Gasteiger partial charge in [0.25, 0.3) is 0 Å². The van der Waals surface area contributed by atoms with E-state index >= 15 is 0 Å². The van der Waals surface area contributed by atoms with Gasteiger partial charge in [-0.15, -0.1) is 0 Å². The van der Waals surface area contributed by atoms with E-state index < -0.39 is 26.0 Å². The second-order valence-electron chi connectivity index (χ2n) is 10.6. The maximum Gasteiger partial charge on any atom is 0.159 e. The fourth-order valence-corrected chi connectivity index (χ4v) is 16.5. The second-order valence-corrected chi connectivity index (χ2v) is 18.6. The normalized spacial score (nSPS) is 13.0. The summed E-state index contributed by atoms with van der Waals surface area (Å²) in [6, 6.07) is 60.7. The number of hydrogen-bond donors (Lipinski definition) is 0. The van der Waals surface area contributed by atoms with Gasteiger partial charge in [0.15, 0.2) is 4.99 Å². The lowest BCUT2D eigenvalue weighted by Crippen LogP contribution is -2.45. The van der Waals surface area contributed by atoms with Crippen molar-refractivity contribution in [3.05, 3.63) is 175 Å². The lowest BCUT2D eigenvalue weighted by Gasteiger charge is -2.35. The summed E-state index contributed by atoms with van der Waals surface area (Å²) >= 11 is 0. The smallest absolute Gasteiger partial charge is 0.159 e. The topological polar surface area (TPSA) is 17.1 Å². The maximum atomic E-state index is 14.8. The summed E-state index contributed by atoms with van der Waals surface area (Å²) < 4.78 is 14.8. The third kappa shape index (κ3) is 5.81. The van der Waals surface area contributed by atoms with Gasteiger partial charge in [-0.1, -0.05) is 127 Å². The highest BCUT2D eigenvalue weighted by Gasteiger charge is 2.54. The molecule has 0 saturated heterocycles. The molecule has 0 aliphatic rings. The van der Waals surface area contributed by atoms with Gasteiger partial charge in [0.2, 0.25) is 0 Å². The summed E-state index contributed by atoms with van der Waals surface area (Å²) in [6.45, 7) is 4.29. The number of rotatable bonds is 9. The Balaban J connectivity index is 1.69. The van der Waals surface area contributed by atoms with Crippen LogP contribution in [0.1, 0.15) is 12.5 Å². The molecule has 0 fully saturated rings. The van der Waals surface area contributed by atoms with E-state index in [1.54, 1.807) is 0 Å². The SMILES string of the molecule is Cc1ccc(S(=O)C(C)[P+](c2ccccc2)(c2ccccc2)c2ccccc2P(c2ccccc2)c2ccccc2)cc1. The Bertz CT molecular complexity index is 1710. The van der Waals surface area contributed by atoms with Crippen LogP contribution in [0, 0.1) is 6.92 Å². The third-order valence-electron chi connectivity index (χ3n) is 7.97.